The van der Waals surface area contributed by atoms with E-state index >= 15 is 0 Å². The van der Waals surface area contributed by atoms with Gasteiger partial charge in [-0.05, 0) is 24.5 Å². The molecule has 0 radical (unpaired) electrons. The third-order valence-corrected chi connectivity index (χ3v) is 3.43. The number of amides is 1. The molecule has 1 heterocycles. The number of aryl methyl sites for hydroxylation is 1. The SMILES string of the molecule is CC[C@@H](Cn1ccnc1)NC(=O)CCc1ccccc1F. The van der Waals surface area contributed by atoms with Crippen LogP contribution in [0.25, 0.3) is 0 Å². The summed E-state index contributed by atoms with van der Waals surface area (Å²) in [5, 5.41) is 2.98. The number of carbonyl (C=O) groups is 1. The van der Waals surface area contributed by atoms with E-state index in [1.165, 1.54) is 6.07 Å². The third-order valence-electron chi connectivity index (χ3n) is 3.43. The number of hydrogen-bond acceptors (Lipinski definition) is 2. The molecule has 5 heteroatoms. The molecule has 1 aromatic heterocycles. The standard InChI is InChI=1S/C16H20FN3O/c1-2-14(11-20-10-9-18-12-20)19-16(21)8-7-13-5-3-4-6-15(13)17/h3-6,9-10,12,14H,2,7-8,11H2,1H3,(H,19,21)/t14-/m0/s1. The third kappa shape index (κ3) is 4.70. The molecule has 0 aliphatic rings. The summed E-state index contributed by atoms with van der Waals surface area (Å²) in [5.41, 5.74) is 0.579. The summed E-state index contributed by atoms with van der Waals surface area (Å²) in [6.45, 7) is 2.72. The van der Waals surface area contributed by atoms with Gasteiger partial charge in [0.2, 0.25) is 5.91 Å². The lowest BCUT2D eigenvalue weighted by Crippen LogP contribution is -2.37. The maximum atomic E-state index is 13.5. The molecule has 112 valence electrons. The van der Waals surface area contributed by atoms with Crippen molar-refractivity contribution in [3.8, 4) is 0 Å². The summed E-state index contributed by atoms with van der Waals surface area (Å²) in [6.07, 6.45) is 6.86. The Morgan fingerprint density at radius 1 is 1.43 bits per heavy atom. The summed E-state index contributed by atoms with van der Waals surface area (Å²) in [4.78, 5) is 15.9. The zero-order valence-corrected chi connectivity index (χ0v) is 12.1. The van der Waals surface area contributed by atoms with Crippen molar-refractivity contribution in [1.29, 1.82) is 0 Å². The van der Waals surface area contributed by atoms with Crippen molar-refractivity contribution in [2.45, 2.75) is 38.8 Å². The number of halogens is 1. The lowest BCUT2D eigenvalue weighted by Gasteiger charge is -2.17. The van der Waals surface area contributed by atoms with Crippen molar-refractivity contribution in [2.24, 2.45) is 0 Å². The summed E-state index contributed by atoms with van der Waals surface area (Å²) >= 11 is 0. The first kappa shape index (κ1) is 15.2. The van der Waals surface area contributed by atoms with Gasteiger partial charge in [0.25, 0.3) is 0 Å². The van der Waals surface area contributed by atoms with Crippen LogP contribution in [0.3, 0.4) is 0 Å². The van der Waals surface area contributed by atoms with Crippen LogP contribution in [0.15, 0.2) is 43.0 Å². The van der Waals surface area contributed by atoms with Crippen LogP contribution in [-0.2, 0) is 17.8 Å². The van der Waals surface area contributed by atoms with Crippen molar-refractivity contribution in [1.82, 2.24) is 14.9 Å². The summed E-state index contributed by atoms with van der Waals surface area (Å²) in [5.74, 6) is -0.305. The van der Waals surface area contributed by atoms with Crippen LogP contribution in [-0.4, -0.2) is 21.5 Å². The number of aromatic nitrogens is 2. The van der Waals surface area contributed by atoms with Gasteiger partial charge in [-0.15, -0.1) is 0 Å². The van der Waals surface area contributed by atoms with E-state index in [1.807, 2.05) is 17.7 Å². The molecule has 21 heavy (non-hydrogen) atoms. The second kappa shape index (κ2) is 7.57. The molecule has 0 saturated carbocycles. The molecule has 0 aliphatic heterocycles. The van der Waals surface area contributed by atoms with Gasteiger partial charge in [-0.25, -0.2) is 9.37 Å². The number of nitrogens with zero attached hydrogens (tertiary/aromatic N) is 2. The zero-order valence-electron chi connectivity index (χ0n) is 12.1. The van der Waals surface area contributed by atoms with E-state index in [1.54, 1.807) is 30.7 Å². The zero-order chi connectivity index (χ0) is 15.1. The molecule has 0 fully saturated rings. The largest absolute Gasteiger partial charge is 0.352 e. The first-order valence-electron chi connectivity index (χ1n) is 7.17. The average molecular weight is 289 g/mol. The lowest BCUT2D eigenvalue weighted by molar-refractivity contribution is -0.121. The smallest absolute Gasteiger partial charge is 0.220 e. The summed E-state index contributed by atoms with van der Waals surface area (Å²) < 4.78 is 15.4. The number of hydrogen-bond donors (Lipinski definition) is 1. The molecular formula is C16H20FN3O. The van der Waals surface area contributed by atoms with Crippen LogP contribution in [0.2, 0.25) is 0 Å². The highest BCUT2D eigenvalue weighted by Gasteiger charge is 2.11. The van der Waals surface area contributed by atoms with Crippen LogP contribution in [0.4, 0.5) is 4.39 Å². The number of benzene rings is 1. The van der Waals surface area contributed by atoms with E-state index in [0.29, 0.717) is 24.9 Å². The van der Waals surface area contributed by atoms with E-state index in [2.05, 4.69) is 10.3 Å². The molecule has 1 amide bonds. The molecule has 2 aromatic rings. The average Bonchev–Trinajstić information content (AvgIpc) is 2.98. The Balaban J connectivity index is 1.81. The molecule has 0 aliphatic carbocycles. The van der Waals surface area contributed by atoms with Crippen LogP contribution < -0.4 is 5.32 Å². The van der Waals surface area contributed by atoms with Gasteiger partial charge in [0, 0.05) is 31.4 Å². The molecule has 0 saturated heterocycles. The van der Waals surface area contributed by atoms with Crippen molar-refractivity contribution in [3.63, 3.8) is 0 Å². The highest BCUT2D eigenvalue weighted by molar-refractivity contribution is 5.76. The van der Waals surface area contributed by atoms with E-state index < -0.39 is 0 Å². The topological polar surface area (TPSA) is 46.9 Å². The molecule has 1 N–H and O–H groups in total. The quantitative estimate of drug-likeness (QED) is 0.851. The predicted octanol–water partition coefficient (Wildman–Crippen LogP) is 2.55. The molecule has 0 bridgehead atoms. The van der Waals surface area contributed by atoms with Crippen LogP contribution in [0, 0.1) is 5.82 Å². The van der Waals surface area contributed by atoms with Gasteiger partial charge in [0.1, 0.15) is 5.82 Å². The molecule has 2 rings (SSSR count). The van der Waals surface area contributed by atoms with Crippen molar-refractivity contribution < 1.29 is 9.18 Å². The van der Waals surface area contributed by atoms with E-state index in [9.17, 15) is 9.18 Å². The summed E-state index contributed by atoms with van der Waals surface area (Å²) in [7, 11) is 0. The second-order valence-electron chi connectivity index (χ2n) is 5.02. The van der Waals surface area contributed by atoms with Gasteiger partial charge in [0.15, 0.2) is 0 Å². The van der Waals surface area contributed by atoms with Gasteiger partial charge >= 0.3 is 0 Å². The van der Waals surface area contributed by atoms with Gasteiger partial charge in [-0.1, -0.05) is 25.1 Å². The molecular weight excluding hydrogens is 269 g/mol. The Hall–Kier alpha value is -2.17. The van der Waals surface area contributed by atoms with E-state index in [4.69, 9.17) is 0 Å². The Bertz CT molecular complexity index is 569. The highest BCUT2D eigenvalue weighted by Crippen LogP contribution is 2.09. The number of nitrogens with one attached hydrogen (secondary N) is 1. The molecule has 1 atom stereocenters. The van der Waals surface area contributed by atoms with Crippen LogP contribution >= 0.6 is 0 Å². The number of imidazole rings is 1. The van der Waals surface area contributed by atoms with Crippen LogP contribution in [0.5, 0.6) is 0 Å². The minimum atomic E-state index is -0.254. The maximum absolute atomic E-state index is 13.5. The van der Waals surface area contributed by atoms with Gasteiger partial charge in [-0.2, -0.15) is 0 Å². The highest BCUT2D eigenvalue weighted by atomic mass is 19.1. The maximum Gasteiger partial charge on any atom is 0.220 e. The molecule has 0 unspecified atom stereocenters. The molecule has 1 aromatic carbocycles. The monoisotopic (exact) mass is 289 g/mol. The Kier molecular flexibility index (Phi) is 5.49. The lowest BCUT2D eigenvalue weighted by atomic mass is 10.1. The van der Waals surface area contributed by atoms with Gasteiger partial charge < -0.3 is 9.88 Å². The number of rotatable bonds is 7. The fourth-order valence-electron chi connectivity index (χ4n) is 2.18. The minimum absolute atomic E-state index is 0.0507. The summed E-state index contributed by atoms with van der Waals surface area (Å²) in [6, 6.07) is 6.63. The first-order chi connectivity index (χ1) is 10.2. The van der Waals surface area contributed by atoms with Crippen molar-refractivity contribution in [2.75, 3.05) is 0 Å². The predicted molar refractivity (Wildman–Crippen MR) is 79.2 cm³/mol. The molecule has 4 nitrogen and oxygen atoms in total. The normalized spacial score (nSPS) is 12.1. The Morgan fingerprint density at radius 3 is 2.90 bits per heavy atom. The fraction of sp³-hybridized carbons (Fsp3) is 0.375. The first-order valence-corrected chi connectivity index (χ1v) is 7.17. The number of carbonyl (C=O) groups excluding carboxylic acids is 1. The minimum Gasteiger partial charge on any atom is -0.352 e. The van der Waals surface area contributed by atoms with Gasteiger partial charge in [0.05, 0.1) is 6.33 Å². The fourth-order valence-corrected chi connectivity index (χ4v) is 2.18. The van der Waals surface area contributed by atoms with Gasteiger partial charge in [-0.3, -0.25) is 4.79 Å². The van der Waals surface area contributed by atoms with E-state index in [0.717, 1.165) is 6.42 Å². The Labute approximate surface area is 124 Å². The van der Waals surface area contributed by atoms with Crippen molar-refractivity contribution in [3.05, 3.63) is 54.4 Å². The Morgan fingerprint density at radius 2 is 2.24 bits per heavy atom. The second-order valence-corrected chi connectivity index (χ2v) is 5.02. The molecule has 0 spiro atoms. The van der Waals surface area contributed by atoms with Crippen LogP contribution in [0.1, 0.15) is 25.3 Å². The van der Waals surface area contributed by atoms with E-state index in [-0.39, 0.29) is 17.8 Å². The van der Waals surface area contributed by atoms with Crippen molar-refractivity contribution >= 4 is 5.91 Å².